The fraction of sp³-hybridized carbons (Fsp3) is 0.361. The molecule has 2 aliphatic rings. The Kier molecular flexibility index (Phi) is 10.7. The van der Waals surface area contributed by atoms with Gasteiger partial charge in [0.2, 0.25) is 5.91 Å². The van der Waals surface area contributed by atoms with Gasteiger partial charge in [-0.25, -0.2) is 9.78 Å². The van der Waals surface area contributed by atoms with E-state index in [1.54, 1.807) is 11.1 Å². The molecule has 3 heterocycles. The second kappa shape index (κ2) is 15.3. The third-order valence-electron chi connectivity index (χ3n) is 9.10. The van der Waals surface area contributed by atoms with Crippen molar-refractivity contribution in [2.45, 2.75) is 44.1 Å². The van der Waals surface area contributed by atoms with Crippen LogP contribution in [0.3, 0.4) is 0 Å². The van der Waals surface area contributed by atoms with Crippen molar-refractivity contribution in [2.75, 3.05) is 44.2 Å². The number of carbonyl (C=O) groups excluding carboxylic acids is 4. The van der Waals surface area contributed by atoms with Gasteiger partial charge in [-0.05, 0) is 60.5 Å². The van der Waals surface area contributed by atoms with E-state index in [-0.39, 0.29) is 31.3 Å². The molecule has 6 rings (SSSR count). The minimum Gasteiger partial charge on any atom is -0.353 e. The van der Waals surface area contributed by atoms with Gasteiger partial charge in [-0.2, -0.15) is 0 Å². The minimum atomic E-state index is -1.19. The van der Waals surface area contributed by atoms with E-state index in [0.717, 1.165) is 38.8 Å². The van der Waals surface area contributed by atoms with E-state index < -0.39 is 17.5 Å². The molecule has 5 amide bonds. The number of aromatic nitrogens is 1. The van der Waals surface area contributed by atoms with Crippen LogP contribution in [0.2, 0.25) is 0 Å². The lowest BCUT2D eigenvalue weighted by Gasteiger charge is -2.35. The van der Waals surface area contributed by atoms with Gasteiger partial charge in [-0.1, -0.05) is 71.2 Å². The van der Waals surface area contributed by atoms with E-state index in [1.807, 2.05) is 72.8 Å². The molecule has 2 aromatic carbocycles. The fourth-order valence-electron chi connectivity index (χ4n) is 6.46. The molecule has 0 unspecified atom stereocenters. The van der Waals surface area contributed by atoms with E-state index in [2.05, 4.69) is 36.4 Å². The number of nitrogens with zero attached hydrogens (tertiary/aromatic N) is 4. The lowest BCUT2D eigenvalue weighted by molar-refractivity contribution is -0.134. The summed E-state index contributed by atoms with van der Waals surface area (Å²) in [6, 6.07) is 22.6. The van der Waals surface area contributed by atoms with Crippen molar-refractivity contribution in [3.63, 3.8) is 0 Å². The highest BCUT2D eigenvalue weighted by Crippen LogP contribution is 2.34. The summed E-state index contributed by atoms with van der Waals surface area (Å²) >= 11 is 4.86. The van der Waals surface area contributed by atoms with Crippen molar-refractivity contribution < 1.29 is 19.2 Å². The zero-order chi connectivity index (χ0) is 33.5. The van der Waals surface area contributed by atoms with Gasteiger partial charge < -0.3 is 20.4 Å². The second-order valence-corrected chi connectivity index (χ2v) is 14.3. The zero-order valence-electron chi connectivity index (χ0n) is 26.7. The summed E-state index contributed by atoms with van der Waals surface area (Å²) in [6.45, 7) is 2.76. The summed E-state index contributed by atoms with van der Waals surface area (Å²) in [5.74, 6) is 0.112. The molecule has 1 aliphatic heterocycles. The smallest absolute Gasteiger partial charge is 0.324 e. The first-order chi connectivity index (χ1) is 23.3. The number of anilines is 1. The molecule has 0 spiro atoms. The summed E-state index contributed by atoms with van der Waals surface area (Å²) in [4.78, 5) is 64.8. The average Bonchev–Trinajstić information content (AvgIpc) is 3.77. The number of fused-ring (bicyclic) bond motifs is 1. The molecule has 4 aromatic rings. The molecule has 48 heavy (non-hydrogen) atoms. The Labute approximate surface area is 292 Å². The molecule has 1 saturated carbocycles. The van der Waals surface area contributed by atoms with E-state index in [1.165, 1.54) is 16.2 Å². The van der Waals surface area contributed by atoms with Gasteiger partial charge in [0.25, 0.3) is 11.8 Å². The molecule has 12 heteroatoms. The van der Waals surface area contributed by atoms with Crippen LogP contribution in [0.5, 0.6) is 0 Å². The van der Waals surface area contributed by atoms with Crippen LogP contribution >= 0.6 is 27.3 Å². The number of piperazine rings is 1. The molecule has 2 fully saturated rings. The number of amides is 5. The van der Waals surface area contributed by atoms with E-state index in [9.17, 15) is 19.2 Å². The molecular formula is C36H39BrN6O4S. The number of hydrogen-bond donors (Lipinski definition) is 2. The number of thiophene rings is 1. The number of carbonyl (C=O) groups is 4. The van der Waals surface area contributed by atoms with Crippen LogP contribution in [0.1, 0.15) is 47.3 Å². The van der Waals surface area contributed by atoms with E-state index in [0.29, 0.717) is 50.3 Å². The van der Waals surface area contributed by atoms with Crippen LogP contribution in [0, 0.1) is 0 Å². The lowest BCUT2D eigenvalue weighted by atomic mass is 9.94. The van der Waals surface area contributed by atoms with Crippen molar-refractivity contribution in [1.82, 2.24) is 25.4 Å². The Morgan fingerprint density at radius 3 is 2.40 bits per heavy atom. The van der Waals surface area contributed by atoms with Crippen LogP contribution in [-0.2, 0) is 16.0 Å². The average molecular weight is 732 g/mol. The molecule has 1 aliphatic carbocycles. The van der Waals surface area contributed by atoms with Gasteiger partial charge in [0, 0.05) is 61.1 Å². The molecule has 2 N–H and O–H groups in total. The topological polar surface area (TPSA) is 115 Å². The predicted octanol–water partition coefficient (Wildman–Crippen LogP) is 5.62. The maximum absolute atomic E-state index is 14.4. The number of hydrogen-bond acceptors (Lipinski definition) is 7. The first kappa shape index (κ1) is 33.6. The molecule has 0 radical (unpaired) electrons. The maximum atomic E-state index is 14.4. The van der Waals surface area contributed by atoms with Gasteiger partial charge >= 0.3 is 6.03 Å². The quantitative estimate of drug-likeness (QED) is 0.219. The van der Waals surface area contributed by atoms with Crippen LogP contribution < -0.4 is 15.5 Å². The summed E-state index contributed by atoms with van der Waals surface area (Å²) < 4.78 is 1.89. The third-order valence-corrected chi connectivity index (χ3v) is 10.7. The number of imide groups is 1. The van der Waals surface area contributed by atoms with Crippen LogP contribution in [0.15, 0.2) is 83.5 Å². The monoisotopic (exact) mass is 730 g/mol. The second-order valence-electron chi connectivity index (χ2n) is 12.3. The number of rotatable bonds is 10. The van der Waals surface area contributed by atoms with Crippen molar-refractivity contribution in [1.29, 1.82) is 0 Å². The van der Waals surface area contributed by atoms with Gasteiger partial charge in [-0.15, -0.1) is 11.3 Å². The molecular weight excluding hydrogens is 692 g/mol. The lowest BCUT2D eigenvalue weighted by Crippen LogP contribution is -2.61. The molecule has 1 saturated heterocycles. The zero-order valence-corrected chi connectivity index (χ0v) is 29.1. The van der Waals surface area contributed by atoms with Crippen molar-refractivity contribution in [3.8, 4) is 0 Å². The summed E-state index contributed by atoms with van der Waals surface area (Å²) in [7, 11) is 0. The first-order valence-corrected chi connectivity index (χ1v) is 18.0. The van der Waals surface area contributed by atoms with Crippen LogP contribution in [-0.4, -0.2) is 83.3 Å². The maximum Gasteiger partial charge on any atom is 0.324 e. The van der Waals surface area contributed by atoms with E-state index >= 15 is 0 Å². The number of halogens is 1. The Hall–Kier alpha value is -4.29. The fourth-order valence-corrected chi connectivity index (χ4v) is 7.97. The van der Waals surface area contributed by atoms with Crippen molar-refractivity contribution >= 4 is 66.9 Å². The molecule has 2 aromatic heterocycles. The molecule has 0 bridgehead atoms. The van der Waals surface area contributed by atoms with Gasteiger partial charge in [0.15, 0.2) is 0 Å². The highest BCUT2D eigenvalue weighted by atomic mass is 79.9. The first-order valence-electron chi connectivity index (χ1n) is 16.4. The Morgan fingerprint density at radius 2 is 1.67 bits per heavy atom. The summed E-state index contributed by atoms with van der Waals surface area (Å²) in [5, 5.41) is 6.86. The standard InChI is InChI=1S/C36H39BrN6O4S/c37-28-12-11-27-24-30(48-29(27)25-28)33(45)40-36(15-5-6-16-36)34(46)43(19-14-26-8-2-1-3-9-26)35(47)39-18-13-32(44)42-22-20-41(21-23-42)31-10-4-7-17-38-31/h1-4,7-12,17,24-25H,5-6,13-16,18-23H2,(H,39,47)(H,40,45). The summed E-state index contributed by atoms with van der Waals surface area (Å²) in [6.07, 6.45) is 4.78. The number of pyridine rings is 1. The number of benzene rings is 2. The van der Waals surface area contributed by atoms with Gasteiger partial charge in [-0.3, -0.25) is 19.3 Å². The van der Waals surface area contributed by atoms with Crippen LogP contribution in [0.25, 0.3) is 10.1 Å². The number of urea groups is 1. The highest BCUT2D eigenvalue weighted by molar-refractivity contribution is 9.10. The Balaban J connectivity index is 1.11. The predicted molar refractivity (Wildman–Crippen MR) is 191 cm³/mol. The molecule has 0 atom stereocenters. The molecule has 250 valence electrons. The third kappa shape index (κ3) is 7.87. The number of nitrogens with one attached hydrogen (secondary N) is 2. The Morgan fingerprint density at radius 1 is 0.917 bits per heavy atom. The normalized spacial score (nSPS) is 15.7. The van der Waals surface area contributed by atoms with Crippen molar-refractivity contribution in [2.24, 2.45) is 0 Å². The van der Waals surface area contributed by atoms with Crippen LogP contribution in [0.4, 0.5) is 10.6 Å². The van der Waals surface area contributed by atoms with Gasteiger partial charge in [0.05, 0.1) is 4.88 Å². The largest absolute Gasteiger partial charge is 0.353 e. The Bertz CT molecular complexity index is 1750. The SMILES string of the molecule is O=C(NC1(C(=O)N(CCc2ccccc2)C(=O)NCCC(=O)N2CCN(c3ccccn3)CC2)CCCC1)c1cc2ccc(Br)cc2s1. The van der Waals surface area contributed by atoms with Gasteiger partial charge in [0.1, 0.15) is 11.4 Å². The van der Waals surface area contributed by atoms with Crippen molar-refractivity contribution in [3.05, 3.63) is 93.9 Å². The summed E-state index contributed by atoms with van der Waals surface area (Å²) in [5.41, 5.74) is -0.200. The van der Waals surface area contributed by atoms with E-state index in [4.69, 9.17) is 0 Å². The molecule has 10 nitrogen and oxygen atoms in total. The minimum absolute atomic E-state index is 0.0481. The highest BCUT2D eigenvalue weighted by Gasteiger charge is 2.46.